The second kappa shape index (κ2) is 9.80. The third-order valence-electron chi connectivity index (χ3n) is 2.95. The highest BCUT2D eigenvalue weighted by molar-refractivity contribution is 5.90. The summed E-state index contributed by atoms with van der Waals surface area (Å²) in [4.78, 5) is 22.0. The summed E-state index contributed by atoms with van der Waals surface area (Å²) in [5.41, 5.74) is 0.745. The molecule has 1 aromatic rings. The number of rotatable bonds is 10. The maximum absolute atomic E-state index is 11.6. The molecule has 0 aliphatic rings. The molecule has 0 aromatic heterocycles. The zero-order valence-corrected chi connectivity index (χ0v) is 12.4. The Morgan fingerprint density at radius 3 is 2.43 bits per heavy atom. The highest BCUT2D eigenvalue weighted by Gasteiger charge is 2.02. The van der Waals surface area contributed by atoms with Crippen LogP contribution in [0.5, 0.6) is 5.75 Å². The summed E-state index contributed by atoms with van der Waals surface area (Å²) < 4.78 is 5.42. The summed E-state index contributed by atoms with van der Waals surface area (Å²) in [6.45, 7) is 2.47. The van der Waals surface area contributed by atoms with E-state index in [2.05, 4.69) is 12.2 Å². The fourth-order valence-corrected chi connectivity index (χ4v) is 1.81. The molecule has 0 unspecified atom stereocenters. The number of carboxylic acids is 1. The van der Waals surface area contributed by atoms with Crippen LogP contribution in [0.3, 0.4) is 0 Å². The van der Waals surface area contributed by atoms with Crippen LogP contribution in [0.4, 0.5) is 5.69 Å². The van der Waals surface area contributed by atoms with Crippen LogP contribution in [0.2, 0.25) is 0 Å². The van der Waals surface area contributed by atoms with Crippen LogP contribution in [0.15, 0.2) is 24.3 Å². The first-order valence-corrected chi connectivity index (χ1v) is 7.36. The van der Waals surface area contributed by atoms with Gasteiger partial charge in [-0.05, 0) is 37.1 Å². The smallest absolute Gasteiger partial charge is 0.303 e. The number of ether oxygens (including phenoxy) is 1. The minimum Gasteiger partial charge on any atom is -0.494 e. The molecule has 0 aliphatic heterocycles. The Morgan fingerprint density at radius 1 is 1.10 bits per heavy atom. The van der Waals surface area contributed by atoms with Crippen molar-refractivity contribution in [1.82, 2.24) is 0 Å². The number of aliphatic carboxylic acids is 1. The summed E-state index contributed by atoms with van der Waals surface area (Å²) in [6, 6.07) is 7.10. The lowest BCUT2D eigenvalue weighted by Gasteiger charge is -2.08. The number of amides is 1. The Balaban J connectivity index is 2.29. The lowest BCUT2D eigenvalue weighted by atomic mass is 10.2. The molecule has 0 heterocycles. The van der Waals surface area contributed by atoms with Gasteiger partial charge in [-0.25, -0.2) is 0 Å². The van der Waals surface area contributed by atoms with Crippen molar-refractivity contribution in [3.63, 3.8) is 0 Å². The number of carbonyl (C=O) groups excluding carboxylic acids is 1. The van der Waals surface area contributed by atoms with Gasteiger partial charge >= 0.3 is 5.97 Å². The zero-order chi connectivity index (χ0) is 15.5. The Kier molecular flexibility index (Phi) is 7.94. The van der Waals surface area contributed by atoms with Crippen molar-refractivity contribution in [3.8, 4) is 5.75 Å². The van der Waals surface area contributed by atoms with Gasteiger partial charge in [-0.2, -0.15) is 0 Å². The summed E-state index contributed by atoms with van der Waals surface area (Å²) in [6.07, 6.45) is 4.20. The predicted octanol–water partition coefficient (Wildman–Crippen LogP) is 3.45. The largest absolute Gasteiger partial charge is 0.494 e. The summed E-state index contributed by atoms with van der Waals surface area (Å²) in [5, 5.41) is 11.4. The average Bonchev–Trinajstić information content (AvgIpc) is 2.45. The van der Waals surface area contributed by atoms with E-state index in [1.807, 2.05) is 0 Å². The van der Waals surface area contributed by atoms with E-state index in [1.165, 1.54) is 0 Å². The van der Waals surface area contributed by atoms with E-state index in [4.69, 9.17) is 9.84 Å². The highest BCUT2D eigenvalue weighted by atomic mass is 16.5. The van der Waals surface area contributed by atoms with Gasteiger partial charge in [0.25, 0.3) is 0 Å². The molecule has 0 atom stereocenters. The second-order valence-electron chi connectivity index (χ2n) is 4.88. The van der Waals surface area contributed by atoms with E-state index in [9.17, 15) is 9.59 Å². The molecule has 1 amide bonds. The van der Waals surface area contributed by atoms with Gasteiger partial charge in [0.1, 0.15) is 5.75 Å². The fourth-order valence-electron chi connectivity index (χ4n) is 1.81. The monoisotopic (exact) mass is 293 g/mol. The van der Waals surface area contributed by atoms with Gasteiger partial charge in [-0.1, -0.05) is 19.8 Å². The number of anilines is 1. The Hall–Kier alpha value is -2.04. The number of unbranched alkanes of at least 4 members (excludes halogenated alkanes) is 2. The molecule has 5 nitrogen and oxygen atoms in total. The number of carboxylic acid groups (broad SMARTS) is 1. The molecule has 0 bridgehead atoms. The first kappa shape index (κ1) is 17.0. The molecule has 0 saturated carbocycles. The van der Waals surface area contributed by atoms with Crippen molar-refractivity contribution >= 4 is 17.6 Å². The van der Waals surface area contributed by atoms with E-state index in [1.54, 1.807) is 24.3 Å². The van der Waals surface area contributed by atoms with E-state index in [0.717, 1.165) is 24.9 Å². The SMILES string of the molecule is CCCCCC(=O)Nc1ccc(OCCCC(=O)O)cc1. The fraction of sp³-hybridized carbons (Fsp3) is 0.500. The molecule has 0 saturated heterocycles. The van der Waals surface area contributed by atoms with Crippen molar-refractivity contribution in [2.45, 2.75) is 45.4 Å². The maximum atomic E-state index is 11.6. The molecule has 5 heteroatoms. The molecule has 0 aliphatic carbocycles. The van der Waals surface area contributed by atoms with Gasteiger partial charge in [0, 0.05) is 18.5 Å². The van der Waals surface area contributed by atoms with E-state index in [0.29, 0.717) is 25.2 Å². The van der Waals surface area contributed by atoms with Crippen LogP contribution < -0.4 is 10.1 Å². The number of benzene rings is 1. The minimum absolute atomic E-state index is 0.0265. The Bertz CT molecular complexity index is 442. The average molecular weight is 293 g/mol. The summed E-state index contributed by atoms with van der Waals surface area (Å²) in [7, 11) is 0. The first-order chi connectivity index (χ1) is 10.1. The van der Waals surface area contributed by atoms with Crippen molar-refractivity contribution in [3.05, 3.63) is 24.3 Å². The van der Waals surface area contributed by atoms with Crippen LogP contribution in [0.1, 0.15) is 45.4 Å². The van der Waals surface area contributed by atoms with E-state index in [-0.39, 0.29) is 12.3 Å². The van der Waals surface area contributed by atoms with Crippen LogP contribution >= 0.6 is 0 Å². The third kappa shape index (κ3) is 7.97. The Morgan fingerprint density at radius 2 is 1.81 bits per heavy atom. The van der Waals surface area contributed by atoms with Crippen LogP contribution in [-0.2, 0) is 9.59 Å². The molecule has 0 radical (unpaired) electrons. The van der Waals surface area contributed by atoms with Gasteiger partial charge in [0.2, 0.25) is 5.91 Å². The lowest BCUT2D eigenvalue weighted by Crippen LogP contribution is -2.10. The van der Waals surface area contributed by atoms with Crippen molar-refractivity contribution < 1.29 is 19.4 Å². The minimum atomic E-state index is -0.820. The molecule has 1 rings (SSSR count). The molecule has 21 heavy (non-hydrogen) atoms. The quantitative estimate of drug-likeness (QED) is 0.648. The van der Waals surface area contributed by atoms with Crippen LogP contribution in [0.25, 0.3) is 0 Å². The number of hydrogen-bond acceptors (Lipinski definition) is 3. The van der Waals surface area contributed by atoms with Gasteiger partial charge in [0.15, 0.2) is 0 Å². The Labute approximate surface area is 125 Å². The molecule has 0 spiro atoms. The van der Waals surface area contributed by atoms with Crippen molar-refractivity contribution in [2.24, 2.45) is 0 Å². The van der Waals surface area contributed by atoms with Gasteiger partial charge in [0.05, 0.1) is 6.61 Å². The lowest BCUT2D eigenvalue weighted by molar-refractivity contribution is -0.137. The van der Waals surface area contributed by atoms with Gasteiger partial charge in [-0.3, -0.25) is 9.59 Å². The molecular formula is C16H23NO4. The van der Waals surface area contributed by atoms with E-state index < -0.39 is 5.97 Å². The standard InChI is InChI=1S/C16H23NO4/c1-2-3-4-6-15(18)17-13-8-10-14(11-9-13)21-12-5-7-16(19)20/h8-11H,2-7,12H2,1H3,(H,17,18)(H,19,20). The molecule has 1 aromatic carbocycles. The molecule has 2 N–H and O–H groups in total. The predicted molar refractivity (Wildman–Crippen MR) is 81.6 cm³/mol. The van der Waals surface area contributed by atoms with Gasteiger partial charge in [-0.15, -0.1) is 0 Å². The van der Waals surface area contributed by atoms with Crippen LogP contribution in [0, 0.1) is 0 Å². The summed E-state index contributed by atoms with van der Waals surface area (Å²) in [5.74, 6) is -0.123. The topological polar surface area (TPSA) is 75.6 Å². The van der Waals surface area contributed by atoms with Gasteiger partial charge < -0.3 is 15.2 Å². The number of carbonyl (C=O) groups is 2. The normalized spacial score (nSPS) is 10.1. The molecular weight excluding hydrogens is 270 g/mol. The van der Waals surface area contributed by atoms with Crippen LogP contribution in [-0.4, -0.2) is 23.6 Å². The zero-order valence-electron chi connectivity index (χ0n) is 12.4. The number of hydrogen-bond donors (Lipinski definition) is 2. The number of nitrogens with one attached hydrogen (secondary N) is 1. The van der Waals surface area contributed by atoms with Crippen molar-refractivity contribution in [1.29, 1.82) is 0 Å². The molecule has 0 fully saturated rings. The third-order valence-corrected chi connectivity index (χ3v) is 2.95. The second-order valence-corrected chi connectivity index (χ2v) is 4.88. The first-order valence-electron chi connectivity index (χ1n) is 7.36. The molecule has 116 valence electrons. The highest BCUT2D eigenvalue weighted by Crippen LogP contribution is 2.16. The van der Waals surface area contributed by atoms with Crippen molar-refractivity contribution in [2.75, 3.05) is 11.9 Å². The maximum Gasteiger partial charge on any atom is 0.303 e. The summed E-state index contributed by atoms with van der Waals surface area (Å²) >= 11 is 0. The van der Waals surface area contributed by atoms with E-state index >= 15 is 0 Å².